The minimum Gasteiger partial charge on any atom is -0.409 e. The Balaban J connectivity index is 1.96. The molecule has 0 unspecified atom stereocenters. The van der Waals surface area contributed by atoms with Crippen LogP contribution in [0.5, 0.6) is 0 Å². The van der Waals surface area contributed by atoms with Gasteiger partial charge in [0.15, 0.2) is 5.84 Å². The average molecular weight is 328 g/mol. The van der Waals surface area contributed by atoms with E-state index in [1.807, 2.05) is 6.20 Å². The fourth-order valence-electron chi connectivity index (χ4n) is 2.24. The van der Waals surface area contributed by atoms with Gasteiger partial charge in [-0.15, -0.1) is 0 Å². The molecule has 1 aromatic rings. The van der Waals surface area contributed by atoms with Gasteiger partial charge in [-0.2, -0.15) is 0 Å². The van der Waals surface area contributed by atoms with Crippen LogP contribution in [0.4, 0.5) is 5.82 Å². The van der Waals surface area contributed by atoms with E-state index in [1.54, 1.807) is 0 Å². The smallest absolute Gasteiger partial charge is 0.153 e. The fraction of sp³-hybridized carbons (Fsp3) is 0.500. The van der Waals surface area contributed by atoms with Gasteiger partial charge in [0, 0.05) is 36.8 Å². The average Bonchev–Trinajstić information content (AvgIpc) is 2.40. The molecule has 0 saturated carbocycles. The van der Waals surface area contributed by atoms with Crippen LogP contribution in [-0.4, -0.2) is 53.7 Å². The summed E-state index contributed by atoms with van der Waals surface area (Å²) in [6.45, 7) is 6.14. The summed E-state index contributed by atoms with van der Waals surface area (Å²) < 4.78 is 0.999. The second kappa shape index (κ2) is 6.21. The Morgan fingerprint density at radius 2 is 2.16 bits per heavy atom. The van der Waals surface area contributed by atoms with E-state index in [4.69, 9.17) is 10.9 Å². The lowest BCUT2D eigenvalue weighted by Crippen LogP contribution is -2.49. The van der Waals surface area contributed by atoms with Gasteiger partial charge in [0.1, 0.15) is 5.82 Å². The first-order valence-corrected chi connectivity index (χ1v) is 6.95. The third-order valence-corrected chi connectivity index (χ3v) is 3.64. The number of pyridine rings is 1. The molecule has 1 saturated heterocycles. The van der Waals surface area contributed by atoms with Gasteiger partial charge < -0.3 is 15.8 Å². The third kappa shape index (κ3) is 3.57. The van der Waals surface area contributed by atoms with Crippen molar-refractivity contribution in [3.05, 3.63) is 22.3 Å². The van der Waals surface area contributed by atoms with E-state index in [1.165, 1.54) is 5.56 Å². The molecule has 0 aromatic carbocycles. The zero-order valence-corrected chi connectivity index (χ0v) is 12.5. The molecule has 0 atom stereocenters. The molecule has 1 aromatic heterocycles. The Morgan fingerprint density at radius 3 is 2.74 bits per heavy atom. The lowest BCUT2D eigenvalue weighted by molar-refractivity contribution is 0.278. The summed E-state index contributed by atoms with van der Waals surface area (Å²) in [4.78, 5) is 8.91. The van der Waals surface area contributed by atoms with Crippen LogP contribution in [0.1, 0.15) is 5.56 Å². The van der Waals surface area contributed by atoms with Crippen molar-refractivity contribution in [2.45, 2.75) is 6.92 Å². The van der Waals surface area contributed by atoms with Gasteiger partial charge in [-0.05, 0) is 34.5 Å². The van der Waals surface area contributed by atoms with Gasteiger partial charge in [0.25, 0.3) is 0 Å². The fourth-order valence-corrected chi connectivity index (χ4v) is 2.69. The van der Waals surface area contributed by atoms with Gasteiger partial charge in [0.2, 0.25) is 0 Å². The number of halogens is 1. The highest BCUT2D eigenvalue weighted by Gasteiger charge is 2.19. The molecule has 6 nitrogen and oxygen atoms in total. The molecule has 0 radical (unpaired) electrons. The number of nitrogens with zero attached hydrogens (tertiary/aromatic N) is 4. The van der Waals surface area contributed by atoms with E-state index in [-0.39, 0.29) is 5.84 Å². The van der Waals surface area contributed by atoms with E-state index in [0.717, 1.165) is 36.5 Å². The van der Waals surface area contributed by atoms with Gasteiger partial charge in [-0.3, -0.25) is 4.90 Å². The molecule has 0 aliphatic carbocycles. The topological polar surface area (TPSA) is 78.0 Å². The maximum absolute atomic E-state index is 8.57. The first kappa shape index (κ1) is 14.1. The predicted octanol–water partition coefficient (Wildman–Crippen LogP) is 1.02. The van der Waals surface area contributed by atoms with Crippen molar-refractivity contribution in [1.82, 2.24) is 9.88 Å². The van der Waals surface area contributed by atoms with Crippen LogP contribution in [0.3, 0.4) is 0 Å². The van der Waals surface area contributed by atoms with E-state index >= 15 is 0 Å². The second-order valence-electron chi connectivity index (χ2n) is 4.65. The quantitative estimate of drug-likeness (QED) is 0.375. The number of aryl methyl sites for hydroxylation is 1. The molecule has 1 fully saturated rings. The van der Waals surface area contributed by atoms with Crippen LogP contribution in [0.25, 0.3) is 0 Å². The zero-order valence-electron chi connectivity index (χ0n) is 10.9. The number of oxime groups is 1. The molecule has 0 amide bonds. The van der Waals surface area contributed by atoms with Crippen molar-refractivity contribution >= 4 is 27.6 Å². The molecule has 0 bridgehead atoms. The number of aromatic nitrogens is 1. The molecule has 1 aliphatic heterocycles. The van der Waals surface area contributed by atoms with Crippen LogP contribution in [0, 0.1) is 6.92 Å². The zero-order chi connectivity index (χ0) is 13.8. The molecule has 2 heterocycles. The number of amidine groups is 1. The van der Waals surface area contributed by atoms with E-state index in [0.29, 0.717) is 6.54 Å². The molecule has 0 spiro atoms. The Kier molecular flexibility index (Phi) is 4.60. The van der Waals surface area contributed by atoms with Crippen LogP contribution in [0.15, 0.2) is 21.9 Å². The van der Waals surface area contributed by atoms with Crippen molar-refractivity contribution in [3.8, 4) is 0 Å². The summed E-state index contributed by atoms with van der Waals surface area (Å²) in [5.41, 5.74) is 6.68. The van der Waals surface area contributed by atoms with Gasteiger partial charge >= 0.3 is 0 Å². The number of rotatable bonds is 3. The van der Waals surface area contributed by atoms with Gasteiger partial charge in [-0.25, -0.2) is 4.98 Å². The number of anilines is 1. The first-order chi connectivity index (χ1) is 9.10. The SMILES string of the molecule is Cc1cc(Br)cnc1N1CCN(CC(N)=NO)CC1. The van der Waals surface area contributed by atoms with Crippen molar-refractivity contribution in [1.29, 1.82) is 0 Å². The second-order valence-corrected chi connectivity index (χ2v) is 5.56. The maximum atomic E-state index is 8.57. The normalized spacial score (nSPS) is 17.8. The van der Waals surface area contributed by atoms with E-state index in [2.05, 4.69) is 48.9 Å². The Hall–Kier alpha value is -1.34. The predicted molar refractivity (Wildman–Crippen MR) is 78.7 cm³/mol. The van der Waals surface area contributed by atoms with Crippen molar-refractivity contribution in [3.63, 3.8) is 0 Å². The number of hydrogen-bond donors (Lipinski definition) is 2. The van der Waals surface area contributed by atoms with Crippen molar-refractivity contribution in [2.24, 2.45) is 10.9 Å². The largest absolute Gasteiger partial charge is 0.409 e. The van der Waals surface area contributed by atoms with E-state index < -0.39 is 0 Å². The summed E-state index contributed by atoms with van der Waals surface area (Å²) in [7, 11) is 0. The van der Waals surface area contributed by atoms with Gasteiger partial charge in [-0.1, -0.05) is 5.16 Å². The van der Waals surface area contributed by atoms with Crippen LogP contribution in [0.2, 0.25) is 0 Å². The standard InChI is InChI=1S/C12H18BrN5O/c1-9-6-10(13)7-15-12(9)18-4-2-17(3-5-18)8-11(14)16-19/h6-7,19H,2-5,8H2,1H3,(H2,14,16). The molecule has 7 heteroatoms. The van der Waals surface area contributed by atoms with E-state index in [9.17, 15) is 0 Å². The lowest BCUT2D eigenvalue weighted by atomic mass is 10.2. The summed E-state index contributed by atoms with van der Waals surface area (Å²) in [6.07, 6.45) is 1.82. The van der Waals surface area contributed by atoms with Crippen molar-refractivity contribution < 1.29 is 5.21 Å². The molecule has 3 N–H and O–H groups in total. The first-order valence-electron chi connectivity index (χ1n) is 6.16. The molecule has 1 aliphatic rings. The Bertz CT molecular complexity index is 471. The van der Waals surface area contributed by atoms with Crippen LogP contribution in [-0.2, 0) is 0 Å². The number of nitrogens with two attached hydrogens (primary N) is 1. The lowest BCUT2D eigenvalue weighted by Gasteiger charge is -2.35. The van der Waals surface area contributed by atoms with Crippen molar-refractivity contribution in [2.75, 3.05) is 37.6 Å². The molecule has 2 rings (SSSR count). The summed E-state index contributed by atoms with van der Waals surface area (Å²) >= 11 is 3.42. The highest BCUT2D eigenvalue weighted by Crippen LogP contribution is 2.21. The summed E-state index contributed by atoms with van der Waals surface area (Å²) in [5.74, 6) is 1.29. The summed E-state index contributed by atoms with van der Waals surface area (Å²) in [5, 5.41) is 11.6. The Morgan fingerprint density at radius 1 is 1.47 bits per heavy atom. The minimum atomic E-state index is 0.256. The number of piperazine rings is 1. The minimum absolute atomic E-state index is 0.256. The Labute approximate surface area is 121 Å². The van der Waals surface area contributed by atoms with Crippen LogP contribution < -0.4 is 10.6 Å². The van der Waals surface area contributed by atoms with Gasteiger partial charge in [0.05, 0.1) is 6.54 Å². The summed E-state index contributed by atoms with van der Waals surface area (Å²) in [6, 6.07) is 2.07. The molecular formula is C12H18BrN5O. The molecule has 19 heavy (non-hydrogen) atoms. The monoisotopic (exact) mass is 327 g/mol. The molecule has 104 valence electrons. The molecular weight excluding hydrogens is 310 g/mol. The van der Waals surface area contributed by atoms with Crippen LogP contribution >= 0.6 is 15.9 Å². The third-order valence-electron chi connectivity index (χ3n) is 3.20. The highest BCUT2D eigenvalue weighted by atomic mass is 79.9. The maximum Gasteiger partial charge on any atom is 0.153 e. The number of hydrogen-bond acceptors (Lipinski definition) is 5. The highest BCUT2D eigenvalue weighted by molar-refractivity contribution is 9.10.